The molecular weight excluding hydrogens is 284 g/mol. The second-order valence-electron chi connectivity index (χ2n) is 5.81. The summed E-state index contributed by atoms with van der Waals surface area (Å²) in [6.07, 6.45) is 1.60. The van der Waals surface area contributed by atoms with Crippen LogP contribution in [0.5, 0.6) is 0 Å². The molecule has 0 radical (unpaired) electrons. The molecule has 1 N–H and O–H groups in total. The van der Waals surface area contributed by atoms with Crippen molar-refractivity contribution in [1.82, 2.24) is 0 Å². The van der Waals surface area contributed by atoms with Crippen LogP contribution in [-0.2, 0) is 4.79 Å². The van der Waals surface area contributed by atoms with E-state index in [0.717, 1.165) is 33.5 Å². The van der Waals surface area contributed by atoms with Gasteiger partial charge in [0.15, 0.2) is 0 Å². The van der Waals surface area contributed by atoms with Gasteiger partial charge in [0.1, 0.15) is 11.6 Å². The molecule has 0 saturated carbocycles. The minimum absolute atomic E-state index is 0.0910. The van der Waals surface area contributed by atoms with Gasteiger partial charge >= 0.3 is 0 Å². The first-order chi connectivity index (χ1) is 10.9. The average molecular weight is 304 g/mol. The SMILES string of the molecule is Cc1ccc(C=C(C#N)C(=O)Nc2c(C)cc(C)cc2C)cc1. The Labute approximate surface area is 137 Å². The molecule has 0 aliphatic heterocycles. The standard InChI is InChI=1S/C20H20N2O/c1-13-5-7-17(8-6-13)11-18(12-21)20(23)22-19-15(3)9-14(2)10-16(19)4/h5-11H,1-4H3,(H,22,23). The summed E-state index contributed by atoms with van der Waals surface area (Å²) in [7, 11) is 0. The van der Waals surface area contributed by atoms with Gasteiger partial charge in [-0.15, -0.1) is 0 Å². The molecule has 0 aromatic heterocycles. The van der Waals surface area contributed by atoms with Crippen LogP contribution in [0.1, 0.15) is 27.8 Å². The molecule has 3 heteroatoms. The number of anilines is 1. The van der Waals surface area contributed by atoms with Gasteiger partial charge in [-0.05, 0) is 50.5 Å². The molecule has 23 heavy (non-hydrogen) atoms. The fraction of sp³-hybridized carbons (Fsp3) is 0.200. The highest BCUT2D eigenvalue weighted by Crippen LogP contribution is 2.22. The summed E-state index contributed by atoms with van der Waals surface area (Å²) >= 11 is 0. The Morgan fingerprint density at radius 1 is 1.00 bits per heavy atom. The first-order valence-electron chi connectivity index (χ1n) is 7.48. The second-order valence-corrected chi connectivity index (χ2v) is 5.81. The van der Waals surface area contributed by atoms with E-state index in [1.807, 2.05) is 70.2 Å². The predicted molar refractivity (Wildman–Crippen MR) is 94.1 cm³/mol. The Morgan fingerprint density at radius 3 is 2.09 bits per heavy atom. The smallest absolute Gasteiger partial charge is 0.266 e. The van der Waals surface area contributed by atoms with Crippen molar-refractivity contribution in [3.05, 3.63) is 69.8 Å². The highest BCUT2D eigenvalue weighted by molar-refractivity contribution is 6.10. The van der Waals surface area contributed by atoms with E-state index in [1.165, 1.54) is 0 Å². The third-order valence-corrected chi connectivity index (χ3v) is 3.67. The Bertz CT molecular complexity index is 786. The molecule has 2 rings (SSSR count). The Morgan fingerprint density at radius 2 is 1.57 bits per heavy atom. The van der Waals surface area contributed by atoms with Crippen molar-refractivity contribution in [2.24, 2.45) is 0 Å². The Hall–Kier alpha value is -2.86. The van der Waals surface area contributed by atoms with Gasteiger partial charge in [-0.25, -0.2) is 0 Å². The monoisotopic (exact) mass is 304 g/mol. The molecule has 2 aromatic carbocycles. The second kappa shape index (κ2) is 6.93. The molecule has 0 aliphatic carbocycles. The van der Waals surface area contributed by atoms with E-state index in [-0.39, 0.29) is 11.5 Å². The lowest BCUT2D eigenvalue weighted by atomic mass is 10.0. The molecule has 0 saturated heterocycles. The lowest BCUT2D eigenvalue weighted by Crippen LogP contribution is -2.15. The van der Waals surface area contributed by atoms with Crippen molar-refractivity contribution >= 4 is 17.7 Å². The maximum atomic E-state index is 12.4. The van der Waals surface area contributed by atoms with Gasteiger partial charge in [-0.1, -0.05) is 47.5 Å². The van der Waals surface area contributed by atoms with Crippen molar-refractivity contribution in [3.8, 4) is 6.07 Å². The molecule has 1 amide bonds. The highest BCUT2D eigenvalue weighted by Gasteiger charge is 2.12. The van der Waals surface area contributed by atoms with Gasteiger partial charge in [0.2, 0.25) is 0 Å². The predicted octanol–water partition coefficient (Wildman–Crippen LogP) is 4.47. The molecule has 0 fully saturated rings. The number of amides is 1. The number of rotatable bonds is 3. The van der Waals surface area contributed by atoms with Gasteiger partial charge in [-0.2, -0.15) is 5.26 Å². The van der Waals surface area contributed by atoms with E-state index < -0.39 is 0 Å². The van der Waals surface area contributed by atoms with Crippen molar-refractivity contribution in [2.75, 3.05) is 5.32 Å². The van der Waals surface area contributed by atoms with Crippen LogP contribution in [0, 0.1) is 39.0 Å². The summed E-state index contributed by atoms with van der Waals surface area (Å²) in [4.78, 5) is 12.4. The molecule has 116 valence electrons. The summed E-state index contributed by atoms with van der Waals surface area (Å²) in [6.45, 7) is 7.91. The minimum Gasteiger partial charge on any atom is -0.321 e. The number of nitrogens with one attached hydrogen (secondary N) is 1. The number of nitriles is 1. The van der Waals surface area contributed by atoms with Crippen LogP contribution in [-0.4, -0.2) is 5.91 Å². The summed E-state index contributed by atoms with van der Waals surface area (Å²) in [6, 6.07) is 13.7. The van der Waals surface area contributed by atoms with Gasteiger partial charge in [0.25, 0.3) is 5.91 Å². The highest BCUT2D eigenvalue weighted by atomic mass is 16.1. The van der Waals surface area contributed by atoms with Crippen molar-refractivity contribution in [2.45, 2.75) is 27.7 Å². The number of carbonyl (C=O) groups is 1. The topological polar surface area (TPSA) is 52.9 Å². The first-order valence-corrected chi connectivity index (χ1v) is 7.48. The van der Waals surface area contributed by atoms with E-state index in [2.05, 4.69) is 5.32 Å². The Balaban J connectivity index is 2.28. The fourth-order valence-electron chi connectivity index (χ4n) is 2.54. The lowest BCUT2D eigenvalue weighted by molar-refractivity contribution is -0.112. The summed E-state index contributed by atoms with van der Waals surface area (Å²) in [5, 5.41) is 12.2. The van der Waals surface area contributed by atoms with E-state index in [9.17, 15) is 10.1 Å². The van der Waals surface area contributed by atoms with Crippen molar-refractivity contribution in [3.63, 3.8) is 0 Å². The van der Waals surface area contributed by atoms with Gasteiger partial charge < -0.3 is 5.32 Å². The van der Waals surface area contributed by atoms with Crippen LogP contribution in [0.25, 0.3) is 6.08 Å². The van der Waals surface area contributed by atoms with Crippen LogP contribution >= 0.6 is 0 Å². The van der Waals surface area contributed by atoms with E-state index in [4.69, 9.17) is 0 Å². The summed E-state index contributed by atoms with van der Waals surface area (Å²) < 4.78 is 0. The van der Waals surface area contributed by atoms with Crippen LogP contribution in [0.15, 0.2) is 42.0 Å². The Kier molecular flexibility index (Phi) is 4.98. The third-order valence-electron chi connectivity index (χ3n) is 3.67. The summed E-state index contributed by atoms with van der Waals surface area (Å²) in [5.41, 5.74) is 5.95. The maximum absolute atomic E-state index is 12.4. The first kappa shape index (κ1) is 16.5. The largest absolute Gasteiger partial charge is 0.321 e. The molecule has 2 aromatic rings. The summed E-state index contributed by atoms with van der Waals surface area (Å²) in [5.74, 6) is -0.386. The molecule has 0 aliphatic rings. The van der Waals surface area contributed by atoms with Gasteiger partial charge in [0.05, 0.1) is 0 Å². The van der Waals surface area contributed by atoms with Gasteiger partial charge in [-0.3, -0.25) is 4.79 Å². The van der Waals surface area contributed by atoms with E-state index >= 15 is 0 Å². The van der Waals surface area contributed by atoms with Crippen LogP contribution in [0.2, 0.25) is 0 Å². The zero-order valence-corrected chi connectivity index (χ0v) is 13.9. The third kappa shape index (κ3) is 4.08. The number of hydrogen-bond donors (Lipinski definition) is 1. The molecule has 0 atom stereocenters. The molecular formula is C20H20N2O. The van der Waals surface area contributed by atoms with Crippen LogP contribution in [0.3, 0.4) is 0 Å². The molecule has 3 nitrogen and oxygen atoms in total. The molecule has 0 unspecified atom stereocenters. The number of carbonyl (C=O) groups excluding carboxylic acids is 1. The minimum atomic E-state index is -0.386. The lowest BCUT2D eigenvalue weighted by Gasteiger charge is -2.12. The zero-order chi connectivity index (χ0) is 17.0. The number of aryl methyl sites for hydroxylation is 4. The normalized spacial score (nSPS) is 11.0. The van der Waals surface area contributed by atoms with Crippen LogP contribution in [0.4, 0.5) is 5.69 Å². The number of benzene rings is 2. The van der Waals surface area contributed by atoms with Crippen LogP contribution < -0.4 is 5.32 Å². The van der Waals surface area contributed by atoms with Crippen molar-refractivity contribution in [1.29, 1.82) is 5.26 Å². The number of nitrogens with zero attached hydrogens (tertiary/aromatic N) is 1. The fourth-order valence-corrected chi connectivity index (χ4v) is 2.54. The molecule has 0 bridgehead atoms. The average Bonchev–Trinajstić information content (AvgIpc) is 2.50. The molecule has 0 spiro atoms. The molecule has 0 heterocycles. The van der Waals surface area contributed by atoms with E-state index in [0.29, 0.717) is 0 Å². The van der Waals surface area contributed by atoms with Gasteiger partial charge in [0, 0.05) is 5.69 Å². The van der Waals surface area contributed by atoms with E-state index in [1.54, 1.807) is 6.08 Å². The zero-order valence-electron chi connectivity index (χ0n) is 13.9. The quantitative estimate of drug-likeness (QED) is 0.672. The maximum Gasteiger partial charge on any atom is 0.266 e. The number of hydrogen-bond acceptors (Lipinski definition) is 2. The van der Waals surface area contributed by atoms with Crippen molar-refractivity contribution < 1.29 is 4.79 Å².